The highest BCUT2D eigenvalue weighted by Crippen LogP contribution is 2.62. The summed E-state index contributed by atoms with van der Waals surface area (Å²) in [5.41, 5.74) is 3.07. The van der Waals surface area contributed by atoms with Crippen LogP contribution in [0.3, 0.4) is 0 Å². The van der Waals surface area contributed by atoms with Gasteiger partial charge in [0.25, 0.3) is 0 Å². The van der Waals surface area contributed by atoms with Gasteiger partial charge in [-0.05, 0) is 23.8 Å². The average Bonchev–Trinajstić information content (AvgIpc) is 3.35. The maximum absolute atomic E-state index is 12.3. The first-order valence-electron chi connectivity index (χ1n) is 10.6. The van der Waals surface area contributed by atoms with Crippen molar-refractivity contribution in [2.45, 2.75) is 18.1 Å². The summed E-state index contributed by atoms with van der Waals surface area (Å²) in [5.74, 6) is 0.525. The number of benzene rings is 1. The summed E-state index contributed by atoms with van der Waals surface area (Å²) in [6.45, 7) is 2.20. The van der Waals surface area contributed by atoms with Crippen molar-refractivity contribution in [3.8, 4) is 17.2 Å². The third kappa shape index (κ3) is 2.87. The van der Waals surface area contributed by atoms with E-state index in [9.17, 15) is 10.1 Å². The van der Waals surface area contributed by atoms with Crippen LogP contribution in [0.15, 0.2) is 55.0 Å². The fourth-order valence-corrected chi connectivity index (χ4v) is 4.97. The molecule has 1 saturated carbocycles. The van der Waals surface area contributed by atoms with Crippen molar-refractivity contribution in [1.82, 2.24) is 20.0 Å². The minimum Gasteiger partial charge on any atom is -0.442 e. The third-order valence-electron chi connectivity index (χ3n) is 6.76. The number of rotatable bonds is 5. The van der Waals surface area contributed by atoms with Crippen LogP contribution in [0.4, 0.5) is 10.5 Å². The van der Waals surface area contributed by atoms with Gasteiger partial charge in [0, 0.05) is 35.5 Å². The van der Waals surface area contributed by atoms with Crippen molar-refractivity contribution in [2.24, 2.45) is 11.8 Å². The largest absolute Gasteiger partial charge is 0.442 e. The van der Waals surface area contributed by atoms with E-state index in [2.05, 4.69) is 21.4 Å². The predicted octanol–water partition coefficient (Wildman–Crippen LogP) is 2.40. The Morgan fingerprint density at radius 1 is 1.12 bits per heavy atom. The summed E-state index contributed by atoms with van der Waals surface area (Å²) in [5, 5.41) is 17.4. The molecule has 160 valence electrons. The van der Waals surface area contributed by atoms with Gasteiger partial charge in [-0.15, -0.1) is 5.10 Å². The standard InChI is InChI=1S/C23H20N6O3/c24-14-23(19-12-31-13-20(19)23)21-6-3-16(9-25-21)15-1-4-17(5-2-15)29-11-18(32-22(29)30)10-28-8-7-26-27-28/h1-9,18-20H,10-13H2/t18-,19-,20+,23+/m0/s1. The van der Waals surface area contributed by atoms with Crippen LogP contribution >= 0.6 is 0 Å². The van der Waals surface area contributed by atoms with E-state index in [-0.39, 0.29) is 24.0 Å². The van der Waals surface area contributed by atoms with Crippen LogP contribution < -0.4 is 4.90 Å². The molecule has 3 aliphatic rings. The van der Waals surface area contributed by atoms with Crippen LogP contribution in [0.5, 0.6) is 0 Å². The van der Waals surface area contributed by atoms with Gasteiger partial charge in [-0.25, -0.2) is 9.48 Å². The number of hydrogen-bond acceptors (Lipinski definition) is 7. The maximum atomic E-state index is 12.3. The molecule has 6 rings (SSSR count). The first kappa shape index (κ1) is 19.0. The van der Waals surface area contributed by atoms with Crippen molar-refractivity contribution >= 4 is 11.8 Å². The summed E-state index contributed by atoms with van der Waals surface area (Å²) < 4.78 is 12.6. The lowest BCUT2D eigenvalue weighted by molar-refractivity contribution is 0.129. The molecule has 4 atom stereocenters. The maximum Gasteiger partial charge on any atom is 0.414 e. The monoisotopic (exact) mass is 428 g/mol. The average molecular weight is 428 g/mol. The van der Waals surface area contributed by atoms with E-state index in [0.29, 0.717) is 26.3 Å². The number of pyridine rings is 1. The molecule has 2 saturated heterocycles. The number of cyclic esters (lactones) is 1. The quantitative estimate of drug-likeness (QED) is 0.614. The fraction of sp³-hybridized carbons (Fsp3) is 0.348. The molecule has 0 bridgehead atoms. The number of carbonyl (C=O) groups is 1. The molecule has 0 unspecified atom stereocenters. The second kappa shape index (κ2) is 7.14. The molecule has 9 nitrogen and oxygen atoms in total. The molecule has 1 aromatic carbocycles. The zero-order valence-electron chi connectivity index (χ0n) is 17.2. The molecule has 3 aromatic rings. The van der Waals surface area contributed by atoms with Crippen LogP contribution in [0, 0.1) is 23.2 Å². The highest BCUT2D eigenvalue weighted by atomic mass is 16.6. The Morgan fingerprint density at radius 2 is 1.91 bits per heavy atom. The Bertz CT molecular complexity index is 1180. The van der Waals surface area contributed by atoms with Gasteiger partial charge in [0.15, 0.2) is 0 Å². The second-order valence-corrected chi connectivity index (χ2v) is 8.45. The number of carbonyl (C=O) groups excluding carboxylic acids is 1. The molecule has 32 heavy (non-hydrogen) atoms. The first-order chi connectivity index (χ1) is 15.7. The van der Waals surface area contributed by atoms with Gasteiger partial charge < -0.3 is 9.47 Å². The normalized spacial score (nSPS) is 28.3. The van der Waals surface area contributed by atoms with Gasteiger partial charge in [0.2, 0.25) is 0 Å². The molecule has 0 radical (unpaired) electrons. The number of nitriles is 1. The second-order valence-electron chi connectivity index (χ2n) is 8.45. The number of amides is 1. The lowest BCUT2D eigenvalue weighted by Gasteiger charge is -2.14. The summed E-state index contributed by atoms with van der Waals surface area (Å²) in [4.78, 5) is 18.6. The topological polar surface area (TPSA) is 106 Å². The van der Waals surface area contributed by atoms with Crippen LogP contribution in [0.1, 0.15) is 5.69 Å². The molecule has 2 aromatic heterocycles. The van der Waals surface area contributed by atoms with E-state index in [1.165, 1.54) is 0 Å². The summed E-state index contributed by atoms with van der Waals surface area (Å²) in [6.07, 6.45) is 4.51. The molecule has 0 N–H and O–H groups in total. The number of ether oxygens (including phenoxy) is 2. The van der Waals surface area contributed by atoms with Gasteiger partial charge in [0.05, 0.1) is 44.3 Å². The van der Waals surface area contributed by atoms with E-state index in [1.54, 1.807) is 22.0 Å². The zero-order valence-corrected chi connectivity index (χ0v) is 17.2. The van der Waals surface area contributed by atoms with Gasteiger partial charge >= 0.3 is 6.09 Å². The first-order valence-corrected chi connectivity index (χ1v) is 10.6. The van der Waals surface area contributed by atoms with Crippen molar-refractivity contribution in [3.63, 3.8) is 0 Å². The lowest BCUT2D eigenvalue weighted by Crippen LogP contribution is -2.26. The molecular weight excluding hydrogens is 408 g/mol. The number of aromatic nitrogens is 4. The molecule has 1 aliphatic carbocycles. The highest BCUT2D eigenvalue weighted by molar-refractivity contribution is 5.90. The summed E-state index contributed by atoms with van der Waals surface area (Å²) in [7, 11) is 0. The Morgan fingerprint density at radius 3 is 2.56 bits per heavy atom. The summed E-state index contributed by atoms with van der Waals surface area (Å²) in [6, 6.07) is 14.2. The number of hydrogen-bond donors (Lipinski definition) is 0. The number of nitrogens with zero attached hydrogens (tertiary/aromatic N) is 6. The van der Waals surface area contributed by atoms with Crippen molar-refractivity contribution < 1.29 is 14.3 Å². The van der Waals surface area contributed by atoms with Gasteiger partial charge in [0.1, 0.15) is 11.5 Å². The van der Waals surface area contributed by atoms with E-state index in [1.807, 2.05) is 42.6 Å². The Kier molecular flexibility index (Phi) is 4.23. The molecule has 3 fully saturated rings. The lowest BCUT2D eigenvalue weighted by atomic mass is 9.96. The Hall–Kier alpha value is -3.77. The molecule has 9 heteroatoms. The van der Waals surface area contributed by atoms with Crippen molar-refractivity contribution in [3.05, 3.63) is 60.7 Å². The minimum absolute atomic E-state index is 0.263. The van der Waals surface area contributed by atoms with Gasteiger partial charge in [-0.1, -0.05) is 23.4 Å². The molecule has 0 spiro atoms. The minimum atomic E-state index is -0.487. The van der Waals surface area contributed by atoms with Gasteiger partial charge in [-0.3, -0.25) is 9.88 Å². The van der Waals surface area contributed by atoms with E-state index in [0.717, 1.165) is 22.5 Å². The SMILES string of the molecule is N#C[C@]1(c2ccc(-c3ccc(N4C[C@H](Cn5ccnn5)OC4=O)cc3)cn2)[C@@H]2COC[C@@H]21. The highest BCUT2D eigenvalue weighted by Gasteiger charge is 2.70. The van der Waals surface area contributed by atoms with Crippen LogP contribution in [-0.2, 0) is 21.4 Å². The van der Waals surface area contributed by atoms with Crippen molar-refractivity contribution in [2.75, 3.05) is 24.7 Å². The number of anilines is 1. The molecule has 1 amide bonds. The molecule has 4 heterocycles. The smallest absolute Gasteiger partial charge is 0.414 e. The van der Waals surface area contributed by atoms with Crippen molar-refractivity contribution in [1.29, 1.82) is 5.26 Å². The van der Waals surface area contributed by atoms with E-state index < -0.39 is 5.41 Å². The predicted molar refractivity (Wildman–Crippen MR) is 112 cm³/mol. The molecular formula is C23H20N6O3. The Balaban J connectivity index is 1.16. The van der Waals surface area contributed by atoms with Crippen LogP contribution in [0.25, 0.3) is 11.1 Å². The van der Waals surface area contributed by atoms with E-state index >= 15 is 0 Å². The molecule has 2 aliphatic heterocycles. The Labute approximate surface area is 184 Å². The van der Waals surface area contributed by atoms with Crippen LogP contribution in [0.2, 0.25) is 0 Å². The zero-order chi connectivity index (χ0) is 21.7. The fourth-order valence-electron chi connectivity index (χ4n) is 4.97. The third-order valence-corrected chi connectivity index (χ3v) is 6.76. The number of fused-ring (bicyclic) bond motifs is 1. The van der Waals surface area contributed by atoms with Gasteiger partial charge in [-0.2, -0.15) is 5.26 Å². The summed E-state index contributed by atoms with van der Waals surface area (Å²) >= 11 is 0. The van der Waals surface area contributed by atoms with E-state index in [4.69, 9.17) is 9.47 Å². The van der Waals surface area contributed by atoms with Crippen LogP contribution in [-0.4, -0.2) is 51.9 Å².